The van der Waals surface area contributed by atoms with Crippen LogP contribution in [0.3, 0.4) is 0 Å². The van der Waals surface area contributed by atoms with Crippen molar-refractivity contribution < 1.29 is 0 Å². The molecule has 0 spiro atoms. The summed E-state index contributed by atoms with van der Waals surface area (Å²) in [5.74, 6) is 0. The number of fused-ring (bicyclic) bond motifs is 8. The highest BCUT2D eigenvalue weighted by molar-refractivity contribution is 6.22. The maximum Gasteiger partial charge on any atom is 0.0540 e. The van der Waals surface area contributed by atoms with Crippen LogP contribution in [0.15, 0.2) is 212 Å². The van der Waals surface area contributed by atoms with E-state index in [2.05, 4.69) is 231 Å². The molecule has 0 saturated carbocycles. The monoisotopic (exact) mass is 763 g/mol. The van der Waals surface area contributed by atoms with E-state index in [4.69, 9.17) is 0 Å². The molecule has 11 aromatic rings. The van der Waals surface area contributed by atoms with Crippen molar-refractivity contribution in [1.82, 2.24) is 0 Å². The minimum atomic E-state index is -0.0702. The molecule has 282 valence electrons. The van der Waals surface area contributed by atoms with Gasteiger partial charge in [-0.2, -0.15) is 0 Å². The summed E-state index contributed by atoms with van der Waals surface area (Å²) in [6, 6.07) is 78.7. The Hall–Kier alpha value is -7.48. The van der Waals surface area contributed by atoms with E-state index in [1.807, 2.05) is 0 Å². The Kier molecular flexibility index (Phi) is 7.65. The molecule has 0 amide bonds. The SMILES string of the molecule is CC1(C)c2ccccc2-c2ccc(-c3c4ccccc4c(-c4ccc5cc(N(c6cccc7ccccc67)c6cccc7ccccc67)ccc5c4)c4ccccc34)cc21. The summed E-state index contributed by atoms with van der Waals surface area (Å²) < 4.78 is 0. The van der Waals surface area contributed by atoms with E-state index in [1.165, 1.54) is 98.4 Å². The van der Waals surface area contributed by atoms with Gasteiger partial charge in [-0.15, -0.1) is 0 Å². The van der Waals surface area contributed by atoms with Gasteiger partial charge in [0.15, 0.2) is 0 Å². The lowest BCUT2D eigenvalue weighted by Gasteiger charge is -2.28. The molecular weight excluding hydrogens is 723 g/mol. The predicted molar refractivity (Wildman–Crippen MR) is 257 cm³/mol. The lowest BCUT2D eigenvalue weighted by Crippen LogP contribution is -2.14. The van der Waals surface area contributed by atoms with Crippen molar-refractivity contribution in [3.05, 3.63) is 223 Å². The molecule has 12 rings (SSSR count). The summed E-state index contributed by atoms with van der Waals surface area (Å²) in [4.78, 5) is 2.44. The molecule has 1 aliphatic carbocycles. The molecule has 1 nitrogen and oxygen atoms in total. The average molecular weight is 764 g/mol. The Balaban J connectivity index is 1.03. The first kappa shape index (κ1) is 34.6. The highest BCUT2D eigenvalue weighted by Gasteiger charge is 2.35. The maximum absolute atomic E-state index is 2.47. The zero-order valence-corrected chi connectivity index (χ0v) is 33.7. The Morgan fingerprint density at radius 2 is 0.767 bits per heavy atom. The van der Waals surface area contributed by atoms with Crippen LogP contribution in [-0.4, -0.2) is 0 Å². The fourth-order valence-corrected chi connectivity index (χ4v) is 10.4. The molecule has 0 heterocycles. The van der Waals surface area contributed by atoms with Gasteiger partial charge in [0, 0.05) is 21.9 Å². The van der Waals surface area contributed by atoms with E-state index in [0.717, 1.165) is 17.1 Å². The molecule has 0 radical (unpaired) electrons. The van der Waals surface area contributed by atoms with E-state index in [0.29, 0.717) is 0 Å². The minimum Gasteiger partial charge on any atom is -0.309 e. The standard InChI is InChI=1S/C59H41N/c1-59(2)53-26-12-11-21-47(53)48-34-32-43(37-54(48)59)58-51-24-9-7-22-49(51)57(50-23-8-10-25-52(50)58)42-30-29-41-36-44(33-31-40(41)35-42)60(55-27-13-17-38-15-3-5-19-45(38)55)56-28-14-18-39-16-4-6-20-46(39)56/h3-37H,1-2H3. The van der Waals surface area contributed by atoms with Gasteiger partial charge >= 0.3 is 0 Å². The molecule has 0 bridgehead atoms. The van der Waals surface area contributed by atoms with Crippen molar-refractivity contribution in [3.63, 3.8) is 0 Å². The highest BCUT2D eigenvalue weighted by Crippen LogP contribution is 2.51. The Labute approximate surface area is 350 Å². The number of nitrogens with zero attached hydrogens (tertiary/aromatic N) is 1. The van der Waals surface area contributed by atoms with Crippen LogP contribution >= 0.6 is 0 Å². The average Bonchev–Trinajstić information content (AvgIpc) is 3.53. The number of anilines is 3. The third-order valence-electron chi connectivity index (χ3n) is 13.2. The van der Waals surface area contributed by atoms with Crippen molar-refractivity contribution in [2.45, 2.75) is 19.3 Å². The zero-order valence-electron chi connectivity index (χ0n) is 33.7. The quantitative estimate of drug-likeness (QED) is 0.158. The van der Waals surface area contributed by atoms with Gasteiger partial charge in [-0.3, -0.25) is 0 Å². The van der Waals surface area contributed by atoms with Gasteiger partial charge in [-0.05, 0) is 124 Å². The summed E-state index contributed by atoms with van der Waals surface area (Å²) in [5.41, 5.74) is 13.9. The summed E-state index contributed by atoms with van der Waals surface area (Å²) in [7, 11) is 0. The van der Waals surface area contributed by atoms with Gasteiger partial charge in [0.05, 0.1) is 11.4 Å². The van der Waals surface area contributed by atoms with Gasteiger partial charge in [0.25, 0.3) is 0 Å². The molecule has 0 unspecified atom stereocenters. The second kappa shape index (κ2) is 13.3. The zero-order chi connectivity index (χ0) is 40.0. The first-order chi connectivity index (χ1) is 29.5. The molecule has 0 aromatic heterocycles. The minimum absolute atomic E-state index is 0.0702. The van der Waals surface area contributed by atoms with E-state index < -0.39 is 0 Å². The van der Waals surface area contributed by atoms with Crippen LogP contribution in [0.4, 0.5) is 17.1 Å². The fourth-order valence-electron chi connectivity index (χ4n) is 10.4. The number of rotatable bonds is 5. The molecule has 11 aromatic carbocycles. The van der Waals surface area contributed by atoms with Crippen LogP contribution in [0, 0.1) is 0 Å². The Morgan fingerprint density at radius 3 is 1.38 bits per heavy atom. The van der Waals surface area contributed by atoms with Crippen LogP contribution < -0.4 is 4.90 Å². The third-order valence-corrected chi connectivity index (χ3v) is 13.2. The predicted octanol–water partition coefficient (Wildman–Crippen LogP) is 16.6. The summed E-state index contributed by atoms with van der Waals surface area (Å²) in [6.07, 6.45) is 0. The first-order valence-corrected chi connectivity index (χ1v) is 21.0. The number of hydrogen-bond donors (Lipinski definition) is 0. The van der Waals surface area contributed by atoms with Gasteiger partial charge < -0.3 is 4.90 Å². The van der Waals surface area contributed by atoms with Crippen molar-refractivity contribution in [2.24, 2.45) is 0 Å². The van der Waals surface area contributed by atoms with Crippen molar-refractivity contribution in [3.8, 4) is 33.4 Å². The molecular formula is C59H41N. The second-order valence-corrected chi connectivity index (χ2v) is 16.9. The molecule has 0 atom stereocenters. The normalized spacial score (nSPS) is 13.0. The van der Waals surface area contributed by atoms with E-state index in [-0.39, 0.29) is 5.41 Å². The highest BCUT2D eigenvalue weighted by atomic mass is 15.1. The molecule has 0 N–H and O–H groups in total. The lowest BCUT2D eigenvalue weighted by molar-refractivity contribution is 0.660. The maximum atomic E-state index is 2.47. The smallest absolute Gasteiger partial charge is 0.0540 e. The topological polar surface area (TPSA) is 3.24 Å². The molecule has 1 aliphatic rings. The summed E-state index contributed by atoms with van der Waals surface area (Å²) in [5, 5.41) is 12.4. The Bertz CT molecular complexity index is 3390. The van der Waals surface area contributed by atoms with Gasteiger partial charge in [-0.1, -0.05) is 190 Å². The number of benzene rings is 11. The largest absolute Gasteiger partial charge is 0.309 e. The molecule has 0 aliphatic heterocycles. The van der Waals surface area contributed by atoms with Crippen LogP contribution in [0.5, 0.6) is 0 Å². The van der Waals surface area contributed by atoms with Gasteiger partial charge in [0.2, 0.25) is 0 Å². The molecule has 0 fully saturated rings. The fraction of sp³-hybridized carbons (Fsp3) is 0.0508. The van der Waals surface area contributed by atoms with Crippen LogP contribution in [0.2, 0.25) is 0 Å². The van der Waals surface area contributed by atoms with Crippen molar-refractivity contribution in [2.75, 3.05) is 4.90 Å². The Morgan fingerprint density at radius 1 is 0.317 bits per heavy atom. The van der Waals surface area contributed by atoms with E-state index >= 15 is 0 Å². The van der Waals surface area contributed by atoms with E-state index in [1.54, 1.807) is 0 Å². The van der Waals surface area contributed by atoms with Gasteiger partial charge in [0.1, 0.15) is 0 Å². The molecule has 60 heavy (non-hydrogen) atoms. The van der Waals surface area contributed by atoms with E-state index in [9.17, 15) is 0 Å². The summed E-state index contributed by atoms with van der Waals surface area (Å²) in [6.45, 7) is 4.74. The third kappa shape index (κ3) is 5.19. The van der Waals surface area contributed by atoms with Crippen molar-refractivity contribution in [1.29, 1.82) is 0 Å². The van der Waals surface area contributed by atoms with Crippen LogP contribution in [0.1, 0.15) is 25.0 Å². The number of hydrogen-bond acceptors (Lipinski definition) is 1. The second-order valence-electron chi connectivity index (χ2n) is 16.9. The van der Waals surface area contributed by atoms with Gasteiger partial charge in [-0.25, -0.2) is 0 Å². The molecule has 0 saturated heterocycles. The molecule has 1 heteroatoms. The first-order valence-electron chi connectivity index (χ1n) is 21.0. The lowest BCUT2D eigenvalue weighted by atomic mass is 9.80. The van der Waals surface area contributed by atoms with Crippen LogP contribution in [-0.2, 0) is 5.41 Å². The van der Waals surface area contributed by atoms with Crippen molar-refractivity contribution >= 4 is 70.9 Å². The van der Waals surface area contributed by atoms with Crippen LogP contribution in [0.25, 0.3) is 87.2 Å². The summed E-state index contributed by atoms with van der Waals surface area (Å²) >= 11 is 0.